The second-order valence-corrected chi connectivity index (χ2v) is 5.06. The van der Waals surface area contributed by atoms with Gasteiger partial charge >= 0.3 is 0 Å². The highest BCUT2D eigenvalue weighted by atomic mass is 79.9. The molecule has 2 nitrogen and oxygen atoms in total. The molecule has 0 saturated carbocycles. The van der Waals surface area contributed by atoms with Crippen LogP contribution < -0.4 is 5.32 Å². The van der Waals surface area contributed by atoms with Crippen molar-refractivity contribution in [1.29, 1.82) is 0 Å². The molecule has 0 atom stereocenters. The van der Waals surface area contributed by atoms with E-state index in [1.807, 2.05) is 42.5 Å². The summed E-state index contributed by atoms with van der Waals surface area (Å²) in [6.45, 7) is 0. The van der Waals surface area contributed by atoms with Crippen LogP contribution in [0, 0.1) is 0 Å². The normalized spacial score (nSPS) is 10.1. The highest BCUT2D eigenvalue weighted by Crippen LogP contribution is 2.22. The van der Waals surface area contributed by atoms with Gasteiger partial charge in [0.05, 0.1) is 12.1 Å². The highest BCUT2D eigenvalue weighted by Gasteiger charge is 2.08. The van der Waals surface area contributed by atoms with Gasteiger partial charge in [0.1, 0.15) is 0 Å². The zero-order valence-electron chi connectivity index (χ0n) is 9.49. The second kappa shape index (κ2) is 6.03. The van der Waals surface area contributed by atoms with Crippen molar-refractivity contribution in [3.63, 3.8) is 0 Å². The van der Waals surface area contributed by atoms with Crippen molar-refractivity contribution < 1.29 is 4.79 Å². The van der Waals surface area contributed by atoms with E-state index in [1.54, 1.807) is 6.07 Å². The molecule has 92 valence electrons. The quantitative estimate of drug-likeness (QED) is 0.897. The van der Waals surface area contributed by atoms with Gasteiger partial charge in [-0.15, -0.1) is 0 Å². The zero-order valence-corrected chi connectivity index (χ0v) is 11.8. The van der Waals surface area contributed by atoms with Crippen molar-refractivity contribution in [2.75, 3.05) is 5.32 Å². The first kappa shape index (κ1) is 13.1. The second-order valence-electron chi connectivity index (χ2n) is 3.80. The van der Waals surface area contributed by atoms with Gasteiger partial charge in [0.2, 0.25) is 5.91 Å². The van der Waals surface area contributed by atoms with Gasteiger partial charge in [0.25, 0.3) is 0 Å². The van der Waals surface area contributed by atoms with Crippen LogP contribution in [0.3, 0.4) is 0 Å². The Hall–Kier alpha value is -1.32. The molecule has 0 saturated heterocycles. The number of rotatable bonds is 3. The predicted molar refractivity (Wildman–Crippen MR) is 77.9 cm³/mol. The summed E-state index contributed by atoms with van der Waals surface area (Å²) in [5, 5.41) is 3.45. The molecule has 0 aliphatic heterocycles. The summed E-state index contributed by atoms with van der Waals surface area (Å²) in [4.78, 5) is 11.9. The standard InChI is InChI=1S/C14H11BrClNO/c15-11-6-2-4-8-13(11)17-14(18)9-10-5-1-3-7-12(10)16/h1-8H,9H2,(H,17,18). The number of hydrogen-bond donors (Lipinski definition) is 1. The van der Waals surface area contributed by atoms with E-state index in [0.717, 1.165) is 15.7 Å². The number of anilines is 1. The molecule has 2 aromatic carbocycles. The summed E-state index contributed by atoms with van der Waals surface area (Å²) in [6.07, 6.45) is 0.265. The number of hydrogen-bond acceptors (Lipinski definition) is 1. The highest BCUT2D eigenvalue weighted by molar-refractivity contribution is 9.10. The smallest absolute Gasteiger partial charge is 0.228 e. The molecule has 4 heteroatoms. The van der Waals surface area contributed by atoms with Crippen LogP contribution in [-0.2, 0) is 11.2 Å². The average molecular weight is 325 g/mol. The molecule has 0 spiro atoms. The molecule has 0 bridgehead atoms. The van der Waals surface area contributed by atoms with E-state index in [4.69, 9.17) is 11.6 Å². The molecule has 0 radical (unpaired) electrons. The minimum atomic E-state index is -0.0880. The summed E-state index contributed by atoms with van der Waals surface area (Å²) in [5.41, 5.74) is 1.58. The third kappa shape index (κ3) is 3.34. The van der Waals surface area contributed by atoms with Crippen molar-refractivity contribution in [3.8, 4) is 0 Å². The minimum absolute atomic E-state index is 0.0880. The maximum absolute atomic E-state index is 11.9. The minimum Gasteiger partial charge on any atom is -0.325 e. The van der Waals surface area contributed by atoms with Gasteiger partial charge in [0.15, 0.2) is 0 Å². The van der Waals surface area contributed by atoms with Gasteiger partial charge in [-0.3, -0.25) is 4.79 Å². The Morgan fingerprint density at radius 1 is 1.11 bits per heavy atom. The van der Waals surface area contributed by atoms with Crippen LogP contribution in [-0.4, -0.2) is 5.91 Å². The van der Waals surface area contributed by atoms with E-state index < -0.39 is 0 Å². The predicted octanol–water partition coefficient (Wildman–Crippen LogP) is 4.28. The molecule has 0 fully saturated rings. The number of carbonyl (C=O) groups is 1. The average Bonchev–Trinajstić information content (AvgIpc) is 2.35. The molecule has 0 aliphatic rings. The van der Waals surface area contributed by atoms with E-state index in [1.165, 1.54) is 0 Å². The van der Waals surface area contributed by atoms with Crippen LogP contribution >= 0.6 is 27.5 Å². The lowest BCUT2D eigenvalue weighted by atomic mass is 10.1. The monoisotopic (exact) mass is 323 g/mol. The van der Waals surface area contributed by atoms with Crippen molar-refractivity contribution in [1.82, 2.24) is 0 Å². The van der Waals surface area contributed by atoms with Crippen LogP contribution in [0.1, 0.15) is 5.56 Å². The van der Waals surface area contributed by atoms with Crippen molar-refractivity contribution in [3.05, 3.63) is 63.6 Å². The Morgan fingerprint density at radius 3 is 2.50 bits per heavy atom. The lowest BCUT2D eigenvalue weighted by Gasteiger charge is -2.08. The molecule has 18 heavy (non-hydrogen) atoms. The lowest BCUT2D eigenvalue weighted by molar-refractivity contribution is -0.115. The number of halogens is 2. The van der Waals surface area contributed by atoms with Crippen LogP contribution in [0.15, 0.2) is 53.0 Å². The van der Waals surface area contributed by atoms with Crippen LogP contribution in [0.5, 0.6) is 0 Å². The molecule has 2 aromatic rings. The lowest BCUT2D eigenvalue weighted by Crippen LogP contribution is -2.14. The summed E-state index contributed by atoms with van der Waals surface area (Å²) in [5.74, 6) is -0.0880. The topological polar surface area (TPSA) is 29.1 Å². The summed E-state index contributed by atoms with van der Waals surface area (Å²) in [6, 6.07) is 14.8. The fraction of sp³-hybridized carbons (Fsp3) is 0.0714. The first-order valence-electron chi connectivity index (χ1n) is 5.44. The van der Waals surface area contributed by atoms with Crippen molar-refractivity contribution >= 4 is 39.1 Å². The van der Waals surface area contributed by atoms with Crippen LogP contribution in [0.25, 0.3) is 0 Å². The van der Waals surface area contributed by atoms with Crippen LogP contribution in [0.2, 0.25) is 5.02 Å². The van der Waals surface area contributed by atoms with E-state index >= 15 is 0 Å². The molecular weight excluding hydrogens is 314 g/mol. The molecule has 2 rings (SSSR count). The summed E-state index contributed by atoms with van der Waals surface area (Å²) < 4.78 is 0.859. The molecule has 0 aromatic heterocycles. The van der Waals surface area contributed by atoms with Gasteiger partial charge in [-0.2, -0.15) is 0 Å². The number of benzene rings is 2. The SMILES string of the molecule is O=C(Cc1ccccc1Cl)Nc1ccccc1Br. The first-order valence-corrected chi connectivity index (χ1v) is 6.61. The number of nitrogens with one attached hydrogen (secondary N) is 1. The maximum atomic E-state index is 11.9. The zero-order chi connectivity index (χ0) is 13.0. The van der Waals surface area contributed by atoms with E-state index in [9.17, 15) is 4.79 Å². The van der Waals surface area contributed by atoms with E-state index in [-0.39, 0.29) is 12.3 Å². The Balaban J connectivity index is 2.06. The van der Waals surface area contributed by atoms with Crippen molar-refractivity contribution in [2.45, 2.75) is 6.42 Å². The van der Waals surface area contributed by atoms with Gasteiger partial charge in [-0.1, -0.05) is 41.9 Å². The Bertz CT molecular complexity index is 522. The Kier molecular flexibility index (Phi) is 4.39. The molecule has 1 N–H and O–H groups in total. The van der Waals surface area contributed by atoms with E-state index in [0.29, 0.717) is 5.02 Å². The number of carbonyl (C=O) groups excluding carboxylic acids is 1. The Morgan fingerprint density at radius 2 is 1.78 bits per heavy atom. The van der Waals surface area contributed by atoms with Crippen molar-refractivity contribution in [2.24, 2.45) is 0 Å². The molecular formula is C14H11BrClNO. The van der Waals surface area contributed by atoms with Crippen LogP contribution in [0.4, 0.5) is 5.69 Å². The summed E-state index contributed by atoms with van der Waals surface area (Å²) >= 11 is 9.40. The van der Waals surface area contributed by atoms with Gasteiger partial charge in [-0.05, 0) is 39.7 Å². The van der Waals surface area contributed by atoms with Gasteiger partial charge in [0, 0.05) is 9.50 Å². The fourth-order valence-corrected chi connectivity index (χ4v) is 2.16. The Labute approximate surface area is 119 Å². The van der Waals surface area contributed by atoms with E-state index in [2.05, 4.69) is 21.2 Å². The van der Waals surface area contributed by atoms with Gasteiger partial charge in [-0.25, -0.2) is 0 Å². The first-order chi connectivity index (χ1) is 8.66. The molecule has 0 unspecified atom stereocenters. The largest absolute Gasteiger partial charge is 0.325 e. The maximum Gasteiger partial charge on any atom is 0.228 e. The summed E-state index contributed by atoms with van der Waals surface area (Å²) in [7, 11) is 0. The molecule has 0 aliphatic carbocycles. The third-order valence-electron chi connectivity index (χ3n) is 2.46. The number of amides is 1. The molecule has 0 heterocycles. The van der Waals surface area contributed by atoms with Gasteiger partial charge < -0.3 is 5.32 Å². The molecule has 1 amide bonds. The number of para-hydroxylation sites is 1. The third-order valence-corrected chi connectivity index (χ3v) is 3.52. The fourth-order valence-electron chi connectivity index (χ4n) is 1.57.